The van der Waals surface area contributed by atoms with Gasteiger partial charge in [-0.2, -0.15) is 0 Å². The van der Waals surface area contributed by atoms with Crippen LogP contribution in [0.25, 0.3) is 0 Å². The molecule has 0 saturated heterocycles. The minimum Gasteiger partial charge on any atom is -0.491 e. The third-order valence-electron chi connectivity index (χ3n) is 2.60. The topological polar surface area (TPSA) is 87.0 Å². The van der Waals surface area contributed by atoms with Crippen LogP contribution in [0.3, 0.4) is 0 Å². The zero-order valence-electron chi connectivity index (χ0n) is 10.7. The Morgan fingerprint density at radius 3 is 2.84 bits per heavy atom. The van der Waals surface area contributed by atoms with Crippen LogP contribution in [0.2, 0.25) is 0 Å². The van der Waals surface area contributed by atoms with Crippen LogP contribution < -0.4 is 4.74 Å². The first-order valence-electron chi connectivity index (χ1n) is 5.97. The fraction of sp³-hybridized carbons (Fsp3) is 0.357. The minimum absolute atomic E-state index is 0.0788. The van der Waals surface area contributed by atoms with E-state index in [-0.39, 0.29) is 19.1 Å². The SMILES string of the molecule is C[C@@H](/C=C/C(=O)O)[C@H](O)c1cccc(OCCO)c1. The quantitative estimate of drug-likeness (QED) is 0.649. The molecular weight excluding hydrogens is 248 g/mol. The number of carboxylic acid groups (broad SMARTS) is 1. The highest BCUT2D eigenvalue weighted by Gasteiger charge is 2.14. The maximum Gasteiger partial charge on any atom is 0.327 e. The van der Waals surface area contributed by atoms with E-state index >= 15 is 0 Å². The summed E-state index contributed by atoms with van der Waals surface area (Å²) >= 11 is 0. The molecule has 0 saturated carbocycles. The average molecular weight is 266 g/mol. The molecule has 0 fully saturated rings. The normalized spacial score (nSPS) is 14.3. The number of aliphatic hydroxyl groups is 2. The highest BCUT2D eigenvalue weighted by molar-refractivity contribution is 5.79. The van der Waals surface area contributed by atoms with E-state index in [0.717, 1.165) is 6.08 Å². The summed E-state index contributed by atoms with van der Waals surface area (Å²) in [5.74, 6) is -0.816. The van der Waals surface area contributed by atoms with E-state index < -0.39 is 12.1 Å². The van der Waals surface area contributed by atoms with Gasteiger partial charge in [-0.1, -0.05) is 25.1 Å². The van der Waals surface area contributed by atoms with E-state index in [9.17, 15) is 9.90 Å². The number of hydrogen-bond donors (Lipinski definition) is 3. The molecule has 0 aliphatic heterocycles. The Bertz CT molecular complexity index is 441. The maximum absolute atomic E-state index is 10.4. The molecule has 19 heavy (non-hydrogen) atoms. The van der Waals surface area contributed by atoms with Crippen molar-refractivity contribution in [1.29, 1.82) is 0 Å². The molecule has 1 aromatic rings. The van der Waals surface area contributed by atoms with Gasteiger partial charge in [0.15, 0.2) is 0 Å². The summed E-state index contributed by atoms with van der Waals surface area (Å²) in [7, 11) is 0. The average Bonchev–Trinajstić information content (AvgIpc) is 2.41. The summed E-state index contributed by atoms with van der Waals surface area (Å²) in [5.41, 5.74) is 0.637. The van der Waals surface area contributed by atoms with Crippen molar-refractivity contribution in [3.8, 4) is 5.75 Å². The van der Waals surface area contributed by atoms with Crippen LogP contribution in [0.15, 0.2) is 36.4 Å². The summed E-state index contributed by atoms with van der Waals surface area (Å²) < 4.78 is 5.25. The van der Waals surface area contributed by atoms with Crippen molar-refractivity contribution in [2.75, 3.05) is 13.2 Å². The van der Waals surface area contributed by atoms with Gasteiger partial charge in [-0.3, -0.25) is 0 Å². The van der Waals surface area contributed by atoms with Crippen LogP contribution in [-0.2, 0) is 4.79 Å². The number of aliphatic hydroxyl groups excluding tert-OH is 2. The monoisotopic (exact) mass is 266 g/mol. The molecule has 5 heteroatoms. The zero-order valence-corrected chi connectivity index (χ0v) is 10.7. The molecule has 1 aromatic carbocycles. The molecule has 3 N–H and O–H groups in total. The second kappa shape index (κ2) is 7.56. The Hall–Kier alpha value is -1.85. The van der Waals surface area contributed by atoms with Crippen LogP contribution in [-0.4, -0.2) is 34.5 Å². The van der Waals surface area contributed by atoms with Crippen molar-refractivity contribution >= 4 is 5.97 Å². The molecule has 0 radical (unpaired) electrons. The molecule has 1 rings (SSSR count). The second-order valence-electron chi connectivity index (χ2n) is 4.15. The molecule has 104 valence electrons. The lowest BCUT2D eigenvalue weighted by molar-refractivity contribution is -0.131. The van der Waals surface area contributed by atoms with E-state index in [2.05, 4.69) is 0 Å². The van der Waals surface area contributed by atoms with Crippen LogP contribution >= 0.6 is 0 Å². The van der Waals surface area contributed by atoms with Crippen molar-refractivity contribution in [2.45, 2.75) is 13.0 Å². The lowest BCUT2D eigenvalue weighted by atomic mass is 9.97. The van der Waals surface area contributed by atoms with Gasteiger partial charge in [0, 0.05) is 12.0 Å². The fourth-order valence-electron chi connectivity index (χ4n) is 1.59. The number of rotatable bonds is 7. The second-order valence-corrected chi connectivity index (χ2v) is 4.15. The summed E-state index contributed by atoms with van der Waals surface area (Å²) in [4.78, 5) is 10.4. The molecule has 0 aromatic heterocycles. The first-order chi connectivity index (χ1) is 9.04. The molecule has 0 aliphatic rings. The standard InChI is InChI=1S/C14H18O5/c1-10(5-6-13(16)17)14(18)11-3-2-4-12(9-11)19-8-7-15/h2-6,9-10,14-15,18H,7-8H2,1H3,(H,16,17)/b6-5+/t10-,14-/m0/s1. The number of ether oxygens (including phenoxy) is 1. The molecule has 0 unspecified atom stereocenters. The van der Waals surface area contributed by atoms with Crippen LogP contribution in [0.1, 0.15) is 18.6 Å². The Kier molecular flexibility index (Phi) is 6.05. The first-order valence-corrected chi connectivity index (χ1v) is 5.97. The Morgan fingerprint density at radius 2 is 2.21 bits per heavy atom. The largest absolute Gasteiger partial charge is 0.491 e. The molecule has 0 aliphatic carbocycles. The lowest BCUT2D eigenvalue weighted by Gasteiger charge is -2.16. The lowest BCUT2D eigenvalue weighted by Crippen LogP contribution is -2.08. The first kappa shape index (κ1) is 15.2. The van der Waals surface area contributed by atoms with Gasteiger partial charge in [0.1, 0.15) is 12.4 Å². The van der Waals surface area contributed by atoms with Crippen molar-refractivity contribution in [3.05, 3.63) is 42.0 Å². The molecule has 2 atom stereocenters. The number of aliphatic carboxylic acids is 1. The van der Waals surface area contributed by atoms with Crippen LogP contribution in [0.4, 0.5) is 0 Å². The van der Waals surface area contributed by atoms with Gasteiger partial charge in [-0.25, -0.2) is 4.79 Å². The van der Waals surface area contributed by atoms with Gasteiger partial charge in [0.05, 0.1) is 12.7 Å². The van der Waals surface area contributed by atoms with Crippen LogP contribution in [0, 0.1) is 5.92 Å². The predicted octanol–water partition coefficient (Wildman–Crippen LogP) is 1.37. The third kappa shape index (κ3) is 5.11. The Labute approximate surface area is 111 Å². The van der Waals surface area contributed by atoms with Crippen molar-refractivity contribution in [1.82, 2.24) is 0 Å². The number of carboxylic acids is 1. The highest BCUT2D eigenvalue weighted by atomic mass is 16.5. The van der Waals surface area contributed by atoms with Crippen molar-refractivity contribution in [3.63, 3.8) is 0 Å². The number of carbonyl (C=O) groups is 1. The zero-order chi connectivity index (χ0) is 14.3. The molecule has 0 amide bonds. The van der Waals surface area contributed by atoms with Crippen molar-refractivity contribution in [2.24, 2.45) is 5.92 Å². The highest BCUT2D eigenvalue weighted by Crippen LogP contribution is 2.25. The smallest absolute Gasteiger partial charge is 0.327 e. The molecule has 0 bridgehead atoms. The maximum atomic E-state index is 10.4. The molecule has 0 spiro atoms. The summed E-state index contributed by atoms with van der Waals surface area (Å²) in [5, 5.41) is 27.3. The molecule has 0 heterocycles. The van der Waals surface area contributed by atoms with E-state index in [1.807, 2.05) is 0 Å². The van der Waals surface area contributed by atoms with E-state index in [0.29, 0.717) is 11.3 Å². The van der Waals surface area contributed by atoms with Gasteiger partial charge in [-0.05, 0) is 17.7 Å². The summed E-state index contributed by atoms with van der Waals surface area (Å²) in [6, 6.07) is 6.87. The van der Waals surface area contributed by atoms with E-state index in [1.165, 1.54) is 6.08 Å². The predicted molar refractivity (Wildman–Crippen MR) is 69.9 cm³/mol. The minimum atomic E-state index is -1.04. The number of benzene rings is 1. The number of hydrogen-bond acceptors (Lipinski definition) is 4. The van der Waals surface area contributed by atoms with Gasteiger partial charge >= 0.3 is 5.97 Å². The summed E-state index contributed by atoms with van der Waals surface area (Å²) in [6.45, 7) is 1.84. The Balaban J connectivity index is 2.75. The van der Waals surface area contributed by atoms with E-state index in [4.69, 9.17) is 14.9 Å². The fourth-order valence-corrected chi connectivity index (χ4v) is 1.59. The van der Waals surface area contributed by atoms with Gasteiger partial charge < -0.3 is 20.1 Å². The molecular formula is C14H18O5. The van der Waals surface area contributed by atoms with Gasteiger partial charge in [0.25, 0.3) is 0 Å². The molecule has 5 nitrogen and oxygen atoms in total. The van der Waals surface area contributed by atoms with Gasteiger partial charge in [-0.15, -0.1) is 0 Å². The Morgan fingerprint density at radius 1 is 1.47 bits per heavy atom. The summed E-state index contributed by atoms with van der Waals surface area (Å²) in [6.07, 6.45) is 1.64. The van der Waals surface area contributed by atoms with Crippen molar-refractivity contribution < 1.29 is 24.9 Å². The van der Waals surface area contributed by atoms with Gasteiger partial charge in [0.2, 0.25) is 0 Å². The van der Waals surface area contributed by atoms with Crippen LogP contribution in [0.5, 0.6) is 5.75 Å². The third-order valence-corrected chi connectivity index (χ3v) is 2.60. The van der Waals surface area contributed by atoms with E-state index in [1.54, 1.807) is 31.2 Å².